The molecule has 1 aliphatic heterocycles. The van der Waals surface area contributed by atoms with Gasteiger partial charge in [0, 0.05) is 38.6 Å². The lowest BCUT2D eigenvalue weighted by molar-refractivity contribution is 0.0943. The van der Waals surface area contributed by atoms with Gasteiger partial charge < -0.3 is 10.4 Å². The van der Waals surface area contributed by atoms with Crippen molar-refractivity contribution in [2.45, 2.75) is 12.5 Å². The number of nitrogens with one attached hydrogen (secondary N) is 1. The van der Waals surface area contributed by atoms with Crippen molar-refractivity contribution in [1.82, 2.24) is 20.2 Å². The predicted molar refractivity (Wildman–Crippen MR) is 61.4 cm³/mol. The maximum absolute atomic E-state index is 11.6. The van der Waals surface area contributed by atoms with Crippen molar-refractivity contribution in [3.05, 3.63) is 24.3 Å². The van der Waals surface area contributed by atoms with Crippen molar-refractivity contribution in [3.8, 4) is 0 Å². The third-order valence-electron chi connectivity index (χ3n) is 2.76. The van der Waals surface area contributed by atoms with E-state index in [1.807, 2.05) is 0 Å². The topological polar surface area (TPSA) is 78.4 Å². The molecule has 1 unspecified atom stereocenters. The number of hydrogen-bond donors (Lipinski definition) is 2. The van der Waals surface area contributed by atoms with Crippen LogP contribution in [0.2, 0.25) is 0 Å². The van der Waals surface area contributed by atoms with Crippen molar-refractivity contribution in [2.24, 2.45) is 0 Å². The number of likely N-dealkylation sites (tertiary alicyclic amines) is 1. The molecule has 0 aliphatic carbocycles. The lowest BCUT2D eigenvalue weighted by atomic mass is 10.3. The highest BCUT2D eigenvalue weighted by atomic mass is 16.3. The molecule has 1 atom stereocenters. The second kappa shape index (κ2) is 5.70. The van der Waals surface area contributed by atoms with Gasteiger partial charge in [-0.3, -0.25) is 14.7 Å². The predicted octanol–water partition coefficient (Wildman–Crippen LogP) is -0.727. The highest BCUT2D eigenvalue weighted by Crippen LogP contribution is 2.06. The highest BCUT2D eigenvalue weighted by molar-refractivity contribution is 5.91. The van der Waals surface area contributed by atoms with Crippen LogP contribution in [-0.2, 0) is 0 Å². The zero-order valence-electron chi connectivity index (χ0n) is 9.54. The number of β-amino-alcohol motifs (C(OH)–C–C–N with tert-alkyl or cyclic N) is 1. The molecule has 92 valence electrons. The van der Waals surface area contributed by atoms with Crippen LogP contribution in [-0.4, -0.2) is 58.2 Å². The number of carbonyl (C=O) groups excluding carboxylic acids is 1. The Morgan fingerprint density at radius 1 is 1.59 bits per heavy atom. The quantitative estimate of drug-likeness (QED) is 0.721. The second-order valence-corrected chi connectivity index (χ2v) is 4.09. The Labute approximate surface area is 99.7 Å². The maximum Gasteiger partial charge on any atom is 0.271 e. The molecular formula is C11H16N4O2. The van der Waals surface area contributed by atoms with Crippen LogP contribution in [0.5, 0.6) is 0 Å². The van der Waals surface area contributed by atoms with E-state index in [-0.39, 0.29) is 12.0 Å². The van der Waals surface area contributed by atoms with Crippen LogP contribution in [0.15, 0.2) is 18.6 Å². The zero-order chi connectivity index (χ0) is 12.1. The smallest absolute Gasteiger partial charge is 0.271 e. The third-order valence-corrected chi connectivity index (χ3v) is 2.76. The molecule has 17 heavy (non-hydrogen) atoms. The van der Waals surface area contributed by atoms with E-state index < -0.39 is 0 Å². The molecule has 0 aromatic carbocycles. The molecule has 1 amide bonds. The fourth-order valence-electron chi connectivity index (χ4n) is 1.85. The monoisotopic (exact) mass is 236 g/mol. The lowest BCUT2D eigenvalue weighted by Crippen LogP contribution is -2.34. The summed E-state index contributed by atoms with van der Waals surface area (Å²) in [6, 6.07) is 0. The Morgan fingerprint density at radius 3 is 3.12 bits per heavy atom. The molecule has 0 saturated carbocycles. The summed E-state index contributed by atoms with van der Waals surface area (Å²) in [4.78, 5) is 21.5. The molecule has 2 rings (SSSR count). The Balaban J connectivity index is 1.70. The number of amides is 1. The van der Waals surface area contributed by atoms with Crippen LogP contribution >= 0.6 is 0 Å². The van der Waals surface area contributed by atoms with Gasteiger partial charge in [0.2, 0.25) is 0 Å². The molecule has 2 heterocycles. The third kappa shape index (κ3) is 3.47. The van der Waals surface area contributed by atoms with Crippen LogP contribution in [0.4, 0.5) is 0 Å². The van der Waals surface area contributed by atoms with Crippen molar-refractivity contribution < 1.29 is 9.90 Å². The minimum atomic E-state index is -0.217. The molecule has 1 aromatic heterocycles. The first-order valence-corrected chi connectivity index (χ1v) is 5.70. The van der Waals surface area contributed by atoms with Gasteiger partial charge in [0.05, 0.1) is 12.3 Å². The van der Waals surface area contributed by atoms with Crippen LogP contribution in [0.3, 0.4) is 0 Å². The van der Waals surface area contributed by atoms with Gasteiger partial charge >= 0.3 is 0 Å². The minimum Gasteiger partial charge on any atom is -0.392 e. The number of carbonyl (C=O) groups is 1. The minimum absolute atomic E-state index is 0.210. The van der Waals surface area contributed by atoms with Gasteiger partial charge in [0.15, 0.2) is 0 Å². The maximum atomic E-state index is 11.6. The number of aliphatic hydroxyl groups excluding tert-OH is 1. The molecule has 6 heteroatoms. The van der Waals surface area contributed by atoms with E-state index in [2.05, 4.69) is 20.2 Å². The zero-order valence-corrected chi connectivity index (χ0v) is 9.54. The molecule has 1 fully saturated rings. The Morgan fingerprint density at radius 2 is 2.47 bits per heavy atom. The van der Waals surface area contributed by atoms with E-state index in [0.29, 0.717) is 18.8 Å². The van der Waals surface area contributed by atoms with Crippen molar-refractivity contribution in [3.63, 3.8) is 0 Å². The van der Waals surface area contributed by atoms with E-state index in [1.165, 1.54) is 18.6 Å². The molecule has 0 spiro atoms. The number of aromatic nitrogens is 2. The van der Waals surface area contributed by atoms with Gasteiger partial charge in [0.1, 0.15) is 5.69 Å². The summed E-state index contributed by atoms with van der Waals surface area (Å²) in [5.74, 6) is -0.210. The van der Waals surface area contributed by atoms with Gasteiger partial charge in [0.25, 0.3) is 5.91 Å². The van der Waals surface area contributed by atoms with Gasteiger partial charge in [-0.05, 0) is 6.42 Å². The van der Waals surface area contributed by atoms with E-state index in [4.69, 9.17) is 0 Å². The molecule has 0 radical (unpaired) electrons. The summed E-state index contributed by atoms with van der Waals surface area (Å²) >= 11 is 0. The summed E-state index contributed by atoms with van der Waals surface area (Å²) in [5, 5.41) is 12.1. The normalized spacial score (nSPS) is 20.4. The SMILES string of the molecule is O=C(NCCN1CCC(O)C1)c1cnccn1. The van der Waals surface area contributed by atoms with Crippen molar-refractivity contribution >= 4 is 5.91 Å². The Hall–Kier alpha value is -1.53. The summed E-state index contributed by atoms with van der Waals surface area (Å²) in [7, 11) is 0. The first-order valence-electron chi connectivity index (χ1n) is 5.70. The van der Waals surface area contributed by atoms with Crippen LogP contribution in [0.25, 0.3) is 0 Å². The first kappa shape index (κ1) is 11.9. The van der Waals surface area contributed by atoms with Gasteiger partial charge in [-0.15, -0.1) is 0 Å². The van der Waals surface area contributed by atoms with Crippen LogP contribution < -0.4 is 5.32 Å². The van der Waals surface area contributed by atoms with Gasteiger partial charge in [-0.25, -0.2) is 4.98 Å². The second-order valence-electron chi connectivity index (χ2n) is 4.09. The number of aliphatic hydroxyl groups is 1. The van der Waals surface area contributed by atoms with Crippen molar-refractivity contribution in [2.75, 3.05) is 26.2 Å². The standard InChI is InChI=1S/C11H16N4O2/c16-9-1-5-15(8-9)6-4-14-11(17)10-7-12-2-3-13-10/h2-3,7,9,16H,1,4-6,8H2,(H,14,17). The van der Waals surface area contributed by atoms with E-state index >= 15 is 0 Å². The lowest BCUT2D eigenvalue weighted by Gasteiger charge is -2.14. The average molecular weight is 236 g/mol. The summed E-state index contributed by atoms with van der Waals surface area (Å²) in [6.07, 6.45) is 5.06. The van der Waals surface area contributed by atoms with E-state index in [1.54, 1.807) is 0 Å². The first-order chi connectivity index (χ1) is 8.25. The van der Waals surface area contributed by atoms with E-state index in [0.717, 1.165) is 19.5 Å². The molecule has 0 bridgehead atoms. The molecule has 1 aromatic rings. The fraction of sp³-hybridized carbons (Fsp3) is 0.545. The number of nitrogens with zero attached hydrogens (tertiary/aromatic N) is 3. The highest BCUT2D eigenvalue weighted by Gasteiger charge is 2.19. The molecule has 6 nitrogen and oxygen atoms in total. The molecule has 1 aliphatic rings. The van der Waals surface area contributed by atoms with Gasteiger partial charge in [-0.1, -0.05) is 0 Å². The summed E-state index contributed by atoms with van der Waals surface area (Å²) < 4.78 is 0. The largest absolute Gasteiger partial charge is 0.392 e. The molecule has 2 N–H and O–H groups in total. The van der Waals surface area contributed by atoms with Crippen LogP contribution in [0, 0.1) is 0 Å². The number of hydrogen-bond acceptors (Lipinski definition) is 5. The van der Waals surface area contributed by atoms with Gasteiger partial charge in [-0.2, -0.15) is 0 Å². The number of rotatable bonds is 4. The molecular weight excluding hydrogens is 220 g/mol. The Bertz CT molecular complexity index is 371. The Kier molecular flexibility index (Phi) is 4.00. The summed E-state index contributed by atoms with van der Waals surface area (Å²) in [6.45, 7) is 2.90. The average Bonchev–Trinajstić information content (AvgIpc) is 2.76. The van der Waals surface area contributed by atoms with Crippen LogP contribution in [0.1, 0.15) is 16.9 Å². The molecule has 1 saturated heterocycles. The van der Waals surface area contributed by atoms with E-state index in [9.17, 15) is 9.90 Å². The summed E-state index contributed by atoms with van der Waals surface area (Å²) in [5.41, 5.74) is 0.328. The van der Waals surface area contributed by atoms with Crippen molar-refractivity contribution in [1.29, 1.82) is 0 Å². The fourth-order valence-corrected chi connectivity index (χ4v) is 1.85.